The smallest absolute Gasteiger partial charge is 0.346 e. The molecule has 0 saturated heterocycles. The molecular weight excluding hydrogens is 468 g/mol. The topological polar surface area (TPSA) is 87.6 Å². The molecule has 0 unspecified atom stereocenters. The maximum Gasteiger partial charge on any atom is 0.346 e. The average Bonchev–Trinajstić information content (AvgIpc) is 2.92. The molecule has 0 aliphatic rings. The van der Waals surface area contributed by atoms with Crippen LogP contribution in [0.4, 0.5) is 0 Å². The third-order valence-corrected chi connectivity index (χ3v) is 5.84. The number of carbonyl (C=O) groups is 2. The molecule has 1 atom stereocenters. The van der Waals surface area contributed by atoms with Crippen molar-refractivity contribution in [3.63, 3.8) is 0 Å². The van der Waals surface area contributed by atoms with E-state index in [0.29, 0.717) is 23.7 Å². The lowest BCUT2D eigenvalue weighted by atomic mass is 10.2. The summed E-state index contributed by atoms with van der Waals surface area (Å²) in [6.45, 7) is 6.88. The average molecular weight is 505 g/mol. The Morgan fingerprint density at radius 3 is 2.05 bits per heavy atom. The van der Waals surface area contributed by atoms with Gasteiger partial charge in [0.2, 0.25) is 0 Å². The first kappa shape index (κ1) is 27.8. The van der Waals surface area contributed by atoms with Gasteiger partial charge in [0.1, 0.15) is 11.5 Å². The van der Waals surface area contributed by atoms with E-state index in [0.717, 1.165) is 37.0 Å². The van der Waals surface area contributed by atoms with Crippen molar-refractivity contribution < 1.29 is 23.8 Å². The molecule has 1 heterocycles. The van der Waals surface area contributed by atoms with Crippen molar-refractivity contribution in [1.29, 1.82) is 0 Å². The molecule has 7 heteroatoms. The minimum absolute atomic E-state index is 0.139. The fraction of sp³-hybridized carbons (Fsp3) is 0.400. The van der Waals surface area contributed by atoms with Gasteiger partial charge in [-0.1, -0.05) is 46.0 Å². The standard InChI is InChI=1S/C30H36N2O5/c1-4-6-8-9-19-35-26-15-11-23(12-16-26)28-31-20-25(21-32-28)30(34)37-27-17-13-24(14-18-27)29(33)36-22(3)10-7-5-2/h11-18,20-22H,4-10,19H2,1-3H3/t22-/m1/s1. The van der Waals surface area contributed by atoms with E-state index in [1.807, 2.05) is 31.2 Å². The van der Waals surface area contributed by atoms with Gasteiger partial charge in [-0.15, -0.1) is 0 Å². The number of rotatable bonds is 14. The number of unbranched alkanes of at least 4 members (excludes halogenated alkanes) is 4. The number of benzene rings is 2. The lowest BCUT2D eigenvalue weighted by Gasteiger charge is -2.12. The molecule has 0 spiro atoms. The van der Waals surface area contributed by atoms with Gasteiger partial charge in [0.05, 0.1) is 23.8 Å². The maximum absolute atomic E-state index is 12.5. The molecule has 0 aliphatic heterocycles. The van der Waals surface area contributed by atoms with Crippen molar-refractivity contribution in [3.8, 4) is 22.9 Å². The number of ether oxygens (including phenoxy) is 3. The first-order chi connectivity index (χ1) is 18.0. The normalized spacial score (nSPS) is 11.5. The number of hydrogen-bond acceptors (Lipinski definition) is 7. The van der Waals surface area contributed by atoms with Gasteiger partial charge in [-0.3, -0.25) is 0 Å². The van der Waals surface area contributed by atoms with Crippen LogP contribution >= 0.6 is 0 Å². The highest BCUT2D eigenvalue weighted by Gasteiger charge is 2.14. The van der Waals surface area contributed by atoms with Gasteiger partial charge >= 0.3 is 11.9 Å². The molecule has 0 saturated carbocycles. The molecular formula is C30H36N2O5. The van der Waals surface area contributed by atoms with Crippen molar-refractivity contribution in [2.75, 3.05) is 6.61 Å². The van der Waals surface area contributed by atoms with Crippen LogP contribution < -0.4 is 9.47 Å². The van der Waals surface area contributed by atoms with Crippen LogP contribution in [-0.2, 0) is 4.74 Å². The second-order valence-corrected chi connectivity index (χ2v) is 9.00. The SMILES string of the molecule is CCCCCCOc1ccc(-c2ncc(C(=O)Oc3ccc(C(=O)O[C@H](C)CCCC)cc3)cn2)cc1. The molecule has 7 nitrogen and oxygen atoms in total. The first-order valence-corrected chi connectivity index (χ1v) is 13.1. The summed E-state index contributed by atoms with van der Waals surface area (Å²) in [4.78, 5) is 33.4. The van der Waals surface area contributed by atoms with Gasteiger partial charge in [-0.25, -0.2) is 19.6 Å². The summed E-state index contributed by atoms with van der Waals surface area (Å²) in [5.74, 6) is 0.654. The lowest BCUT2D eigenvalue weighted by molar-refractivity contribution is 0.0320. The molecule has 0 amide bonds. The Balaban J connectivity index is 1.51. The van der Waals surface area contributed by atoms with Gasteiger partial charge in [0.25, 0.3) is 0 Å². The fourth-order valence-corrected chi connectivity index (χ4v) is 3.63. The van der Waals surface area contributed by atoms with E-state index in [1.54, 1.807) is 24.3 Å². The van der Waals surface area contributed by atoms with Crippen LogP contribution in [0.25, 0.3) is 11.4 Å². The number of esters is 2. The maximum atomic E-state index is 12.5. The van der Waals surface area contributed by atoms with Crippen LogP contribution in [0.15, 0.2) is 60.9 Å². The fourth-order valence-electron chi connectivity index (χ4n) is 3.63. The third-order valence-electron chi connectivity index (χ3n) is 5.84. The molecule has 0 aliphatic carbocycles. The van der Waals surface area contributed by atoms with E-state index in [2.05, 4.69) is 23.8 Å². The molecule has 37 heavy (non-hydrogen) atoms. The zero-order valence-electron chi connectivity index (χ0n) is 21.9. The van der Waals surface area contributed by atoms with Crippen molar-refractivity contribution in [2.24, 2.45) is 0 Å². The van der Waals surface area contributed by atoms with E-state index in [1.165, 1.54) is 31.7 Å². The summed E-state index contributed by atoms with van der Waals surface area (Å²) >= 11 is 0. The molecule has 0 radical (unpaired) electrons. The number of nitrogens with zero attached hydrogens (tertiary/aromatic N) is 2. The second-order valence-electron chi connectivity index (χ2n) is 9.00. The van der Waals surface area contributed by atoms with Crippen LogP contribution in [-0.4, -0.2) is 34.6 Å². The summed E-state index contributed by atoms with van der Waals surface area (Å²) in [6.07, 6.45) is 10.3. The molecule has 0 N–H and O–H groups in total. The Morgan fingerprint density at radius 1 is 0.757 bits per heavy atom. The zero-order valence-corrected chi connectivity index (χ0v) is 21.9. The van der Waals surface area contributed by atoms with Gasteiger partial charge in [0.15, 0.2) is 5.82 Å². The van der Waals surface area contributed by atoms with Crippen molar-refractivity contribution in [1.82, 2.24) is 9.97 Å². The van der Waals surface area contributed by atoms with Crippen molar-refractivity contribution >= 4 is 11.9 Å². The molecule has 1 aromatic heterocycles. The Bertz CT molecular complexity index is 1110. The van der Waals surface area contributed by atoms with E-state index in [9.17, 15) is 9.59 Å². The largest absolute Gasteiger partial charge is 0.494 e. The Morgan fingerprint density at radius 2 is 1.41 bits per heavy atom. The predicted octanol–water partition coefficient (Wildman–Crippen LogP) is 7.06. The van der Waals surface area contributed by atoms with E-state index in [4.69, 9.17) is 14.2 Å². The number of aromatic nitrogens is 2. The van der Waals surface area contributed by atoms with Crippen molar-refractivity contribution in [2.45, 2.75) is 71.8 Å². The minimum Gasteiger partial charge on any atom is -0.494 e. The van der Waals surface area contributed by atoms with Crippen LogP contribution in [0, 0.1) is 0 Å². The number of carbonyl (C=O) groups excluding carboxylic acids is 2. The number of hydrogen-bond donors (Lipinski definition) is 0. The van der Waals surface area contributed by atoms with Crippen molar-refractivity contribution in [3.05, 3.63) is 72.1 Å². The minimum atomic E-state index is -0.582. The highest BCUT2D eigenvalue weighted by atomic mass is 16.5. The van der Waals surface area contributed by atoms with Gasteiger partial charge < -0.3 is 14.2 Å². The highest BCUT2D eigenvalue weighted by molar-refractivity contribution is 5.91. The molecule has 3 aromatic rings. The Labute approximate surface area is 219 Å². The summed E-state index contributed by atoms with van der Waals surface area (Å²) < 4.78 is 16.6. The third kappa shape index (κ3) is 9.01. The van der Waals surface area contributed by atoms with Crippen LogP contribution in [0.1, 0.15) is 86.4 Å². The summed E-state index contributed by atoms with van der Waals surface area (Å²) in [5.41, 5.74) is 1.46. The van der Waals surface area contributed by atoms with Crippen LogP contribution in [0.2, 0.25) is 0 Å². The Hall–Kier alpha value is -3.74. The van der Waals surface area contributed by atoms with Gasteiger partial charge in [0, 0.05) is 18.0 Å². The monoisotopic (exact) mass is 504 g/mol. The summed E-state index contributed by atoms with van der Waals surface area (Å²) in [5, 5.41) is 0. The summed E-state index contributed by atoms with van der Waals surface area (Å²) in [7, 11) is 0. The highest BCUT2D eigenvalue weighted by Crippen LogP contribution is 2.20. The molecule has 2 aromatic carbocycles. The van der Waals surface area contributed by atoms with Gasteiger partial charge in [-0.2, -0.15) is 0 Å². The molecule has 0 bridgehead atoms. The zero-order chi connectivity index (χ0) is 26.5. The van der Waals surface area contributed by atoms with E-state index >= 15 is 0 Å². The predicted molar refractivity (Wildman–Crippen MR) is 143 cm³/mol. The summed E-state index contributed by atoms with van der Waals surface area (Å²) in [6, 6.07) is 13.9. The Kier molecular flexibility index (Phi) is 11.1. The van der Waals surface area contributed by atoms with Gasteiger partial charge in [-0.05, 0) is 68.3 Å². The lowest BCUT2D eigenvalue weighted by Crippen LogP contribution is -2.15. The molecule has 0 fully saturated rings. The van der Waals surface area contributed by atoms with Crippen LogP contribution in [0.3, 0.4) is 0 Å². The second kappa shape index (κ2) is 14.7. The van der Waals surface area contributed by atoms with Crippen LogP contribution in [0.5, 0.6) is 11.5 Å². The molecule has 3 rings (SSSR count). The van der Waals surface area contributed by atoms with E-state index in [-0.39, 0.29) is 11.7 Å². The first-order valence-electron chi connectivity index (χ1n) is 13.1. The molecule has 196 valence electrons. The van der Waals surface area contributed by atoms with E-state index < -0.39 is 11.9 Å². The quantitative estimate of drug-likeness (QED) is 0.132.